The van der Waals surface area contributed by atoms with Gasteiger partial charge in [-0.1, -0.05) is 6.92 Å². The average Bonchev–Trinajstić information content (AvgIpc) is 3.16. The number of nitrogens with zero attached hydrogens (tertiary/aromatic N) is 2. The standard InChI is InChI=1S/C21H21N3O4S2/c1-4-13-9-14-19(30-13)22-21(29)24(20(14)27)11(3)18(26)12-6-7-16-15(8-12)23(5-2)17(25)10-28-16/h6-9,11H,4-5,10H2,1-3H3,(H,22,29). The van der Waals surface area contributed by atoms with Crippen molar-refractivity contribution in [1.29, 1.82) is 0 Å². The molecule has 3 aromatic rings. The van der Waals surface area contributed by atoms with Crippen molar-refractivity contribution in [3.8, 4) is 5.75 Å². The molecule has 7 nitrogen and oxygen atoms in total. The number of Topliss-reactive ketones (excluding diaryl/α,β-unsaturated/α-hetero) is 1. The fourth-order valence-electron chi connectivity index (χ4n) is 3.66. The number of amides is 1. The van der Waals surface area contributed by atoms with Crippen molar-refractivity contribution in [2.75, 3.05) is 18.1 Å². The molecule has 0 aliphatic carbocycles. The van der Waals surface area contributed by atoms with Crippen molar-refractivity contribution < 1.29 is 14.3 Å². The van der Waals surface area contributed by atoms with Crippen molar-refractivity contribution in [3.05, 3.63) is 49.8 Å². The minimum atomic E-state index is -0.802. The van der Waals surface area contributed by atoms with Gasteiger partial charge in [0.15, 0.2) is 17.2 Å². The highest BCUT2D eigenvalue weighted by Gasteiger charge is 2.27. The van der Waals surface area contributed by atoms with Crippen molar-refractivity contribution in [2.24, 2.45) is 0 Å². The molecule has 3 heterocycles. The Morgan fingerprint density at radius 2 is 2.07 bits per heavy atom. The number of thiophene rings is 1. The quantitative estimate of drug-likeness (QED) is 0.478. The van der Waals surface area contributed by atoms with Gasteiger partial charge in [0.1, 0.15) is 10.6 Å². The molecule has 9 heteroatoms. The maximum atomic E-state index is 13.2. The third-order valence-electron chi connectivity index (χ3n) is 5.29. The van der Waals surface area contributed by atoms with Gasteiger partial charge < -0.3 is 14.6 Å². The molecule has 0 fully saturated rings. The maximum Gasteiger partial charge on any atom is 0.265 e. The van der Waals surface area contributed by atoms with E-state index in [2.05, 4.69) is 4.98 Å². The number of ether oxygens (including phenoxy) is 1. The Morgan fingerprint density at radius 1 is 1.30 bits per heavy atom. The number of aromatic nitrogens is 2. The van der Waals surface area contributed by atoms with Gasteiger partial charge in [-0.2, -0.15) is 0 Å². The van der Waals surface area contributed by atoms with E-state index in [1.165, 1.54) is 15.9 Å². The minimum absolute atomic E-state index is 0.0184. The van der Waals surface area contributed by atoms with E-state index < -0.39 is 6.04 Å². The molecule has 1 atom stereocenters. The molecule has 4 rings (SSSR count). The third kappa shape index (κ3) is 3.27. The van der Waals surface area contributed by atoms with E-state index in [9.17, 15) is 14.4 Å². The fraction of sp³-hybridized carbons (Fsp3) is 0.333. The maximum absolute atomic E-state index is 13.2. The number of likely N-dealkylation sites (N-methyl/N-ethyl adjacent to an activating group) is 1. The first-order chi connectivity index (χ1) is 14.3. The van der Waals surface area contributed by atoms with Gasteiger partial charge in [0.25, 0.3) is 11.5 Å². The van der Waals surface area contributed by atoms with E-state index in [1.807, 2.05) is 19.9 Å². The van der Waals surface area contributed by atoms with Crippen LogP contribution in [0.2, 0.25) is 0 Å². The van der Waals surface area contributed by atoms with Crippen molar-refractivity contribution in [3.63, 3.8) is 0 Å². The number of carbonyl (C=O) groups excluding carboxylic acids is 2. The summed E-state index contributed by atoms with van der Waals surface area (Å²) in [6.45, 7) is 6.00. The molecule has 0 saturated heterocycles. The van der Waals surface area contributed by atoms with Gasteiger partial charge in [0, 0.05) is 17.0 Å². The molecule has 156 valence electrons. The summed E-state index contributed by atoms with van der Waals surface area (Å²) in [6.07, 6.45) is 0.817. The summed E-state index contributed by atoms with van der Waals surface area (Å²) in [6, 6.07) is 6.03. The minimum Gasteiger partial charge on any atom is -0.482 e. The molecule has 0 radical (unpaired) electrons. The number of H-pyrrole nitrogens is 1. The molecule has 1 aromatic carbocycles. The molecule has 0 bridgehead atoms. The third-order valence-corrected chi connectivity index (χ3v) is 6.78. The van der Waals surface area contributed by atoms with Crippen LogP contribution in [0.15, 0.2) is 29.1 Å². The van der Waals surface area contributed by atoms with Gasteiger partial charge in [-0.25, -0.2) is 0 Å². The Balaban J connectivity index is 1.76. The highest BCUT2D eigenvalue weighted by atomic mass is 32.1. The van der Waals surface area contributed by atoms with Gasteiger partial charge in [-0.05, 0) is 56.8 Å². The van der Waals surface area contributed by atoms with Gasteiger partial charge in [-0.15, -0.1) is 11.3 Å². The molecule has 1 unspecified atom stereocenters. The van der Waals surface area contributed by atoms with E-state index in [-0.39, 0.29) is 28.6 Å². The van der Waals surface area contributed by atoms with E-state index in [4.69, 9.17) is 17.0 Å². The molecule has 0 saturated carbocycles. The first-order valence-corrected chi connectivity index (χ1v) is 11.0. The predicted molar refractivity (Wildman–Crippen MR) is 120 cm³/mol. The molecular weight excluding hydrogens is 422 g/mol. The van der Waals surface area contributed by atoms with Crippen molar-refractivity contribution in [1.82, 2.24) is 9.55 Å². The van der Waals surface area contributed by atoms with Crippen molar-refractivity contribution >= 4 is 51.1 Å². The van der Waals surface area contributed by atoms with E-state index in [1.54, 1.807) is 30.0 Å². The Hall–Kier alpha value is -2.78. The van der Waals surface area contributed by atoms with Crippen LogP contribution in [0, 0.1) is 4.77 Å². The monoisotopic (exact) mass is 443 g/mol. The van der Waals surface area contributed by atoms with Crippen LogP contribution in [0.25, 0.3) is 10.2 Å². The van der Waals surface area contributed by atoms with Crippen LogP contribution < -0.4 is 15.2 Å². The van der Waals surface area contributed by atoms with Crippen LogP contribution in [-0.4, -0.2) is 34.4 Å². The van der Waals surface area contributed by atoms with Crippen LogP contribution in [0.4, 0.5) is 5.69 Å². The molecule has 1 N–H and O–H groups in total. The van der Waals surface area contributed by atoms with E-state index in [0.29, 0.717) is 28.9 Å². The zero-order valence-corrected chi connectivity index (χ0v) is 18.5. The first kappa shape index (κ1) is 20.5. The lowest BCUT2D eigenvalue weighted by atomic mass is 10.0. The van der Waals surface area contributed by atoms with Crippen molar-refractivity contribution in [2.45, 2.75) is 33.2 Å². The number of aromatic amines is 1. The molecule has 0 spiro atoms. The topological polar surface area (TPSA) is 84.4 Å². The number of anilines is 1. The highest BCUT2D eigenvalue weighted by molar-refractivity contribution is 7.71. The molecular formula is C21H21N3O4S2. The smallest absolute Gasteiger partial charge is 0.265 e. The lowest BCUT2D eigenvalue weighted by Gasteiger charge is -2.28. The van der Waals surface area contributed by atoms with Gasteiger partial charge in [0.05, 0.1) is 17.1 Å². The zero-order chi connectivity index (χ0) is 21.6. The largest absolute Gasteiger partial charge is 0.482 e. The van der Waals surface area contributed by atoms with Gasteiger partial charge in [0.2, 0.25) is 0 Å². The SMILES string of the molecule is CCc1cc2c(=O)n(C(C)C(=O)c3ccc4c(c3)N(CC)C(=O)CO4)c(=S)[nH]c2s1. The van der Waals surface area contributed by atoms with Gasteiger partial charge in [-0.3, -0.25) is 19.0 Å². The number of aryl methyl sites for hydroxylation is 1. The van der Waals surface area contributed by atoms with Gasteiger partial charge >= 0.3 is 0 Å². The summed E-state index contributed by atoms with van der Waals surface area (Å²) < 4.78 is 7.01. The summed E-state index contributed by atoms with van der Waals surface area (Å²) in [4.78, 5) is 44.9. The second-order valence-corrected chi connectivity index (χ2v) is 8.59. The molecule has 1 amide bonds. The number of hydrogen-bond donors (Lipinski definition) is 1. The van der Waals surface area contributed by atoms with Crippen LogP contribution >= 0.6 is 23.6 Å². The second-order valence-electron chi connectivity index (χ2n) is 7.06. The first-order valence-electron chi connectivity index (χ1n) is 9.74. The summed E-state index contributed by atoms with van der Waals surface area (Å²) >= 11 is 6.89. The number of benzene rings is 1. The molecule has 1 aliphatic heterocycles. The number of fused-ring (bicyclic) bond motifs is 2. The zero-order valence-electron chi connectivity index (χ0n) is 16.9. The fourth-order valence-corrected chi connectivity index (χ4v) is 5.05. The lowest BCUT2D eigenvalue weighted by Crippen LogP contribution is -2.38. The Bertz CT molecular complexity index is 1290. The van der Waals surface area contributed by atoms with Crippen LogP contribution in [-0.2, 0) is 11.2 Å². The summed E-state index contributed by atoms with van der Waals surface area (Å²) in [5.41, 5.74) is 0.668. The van der Waals surface area contributed by atoms with Crippen LogP contribution in [0.3, 0.4) is 0 Å². The summed E-state index contributed by atoms with van der Waals surface area (Å²) in [5.74, 6) is 0.136. The number of hydrogen-bond acceptors (Lipinski definition) is 6. The number of carbonyl (C=O) groups is 2. The average molecular weight is 444 g/mol. The van der Waals surface area contributed by atoms with E-state index >= 15 is 0 Å². The second kappa shape index (κ2) is 7.81. The number of rotatable bonds is 5. The Kier molecular flexibility index (Phi) is 5.33. The summed E-state index contributed by atoms with van der Waals surface area (Å²) in [5, 5.41) is 0.534. The lowest BCUT2D eigenvalue weighted by molar-refractivity contribution is -0.121. The number of nitrogens with one attached hydrogen (secondary N) is 1. The predicted octanol–water partition coefficient (Wildman–Crippen LogP) is 3.87. The Labute approximate surface area is 181 Å². The highest BCUT2D eigenvalue weighted by Crippen LogP contribution is 2.33. The Morgan fingerprint density at radius 3 is 2.77 bits per heavy atom. The molecule has 2 aromatic heterocycles. The molecule has 30 heavy (non-hydrogen) atoms. The number of ketones is 1. The van der Waals surface area contributed by atoms with E-state index in [0.717, 1.165) is 16.1 Å². The summed E-state index contributed by atoms with van der Waals surface area (Å²) in [7, 11) is 0. The molecule has 1 aliphatic rings. The van der Waals surface area contributed by atoms with Crippen LogP contribution in [0.5, 0.6) is 5.75 Å². The normalized spacial score (nSPS) is 14.5. The van der Waals surface area contributed by atoms with Crippen LogP contribution in [0.1, 0.15) is 42.0 Å².